The molecule has 1 N–H and O–H groups in total. The molecule has 0 aliphatic heterocycles. The lowest BCUT2D eigenvalue weighted by Crippen LogP contribution is -1.96. The zero-order valence-corrected chi connectivity index (χ0v) is 10.6. The molecule has 1 aromatic heterocycles. The summed E-state index contributed by atoms with van der Waals surface area (Å²) in [6.07, 6.45) is 0.555. The summed E-state index contributed by atoms with van der Waals surface area (Å²) in [4.78, 5) is 15.8. The summed E-state index contributed by atoms with van der Waals surface area (Å²) in [6, 6.07) is 6.25. The van der Waals surface area contributed by atoms with Gasteiger partial charge in [-0.1, -0.05) is 12.1 Å². The maximum Gasteiger partial charge on any atom is 0.303 e. The molecule has 0 saturated heterocycles. The first-order valence-corrected chi connectivity index (χ1v) is 6.32. The van der Waals surface area contributed by atoms with Crippen molar-refractivity contribution in [3.8, 4) is 10.6 Å². The van der Waals surface area contributed by atoms with Gasteiger partial charge in [0.1, 0.15) is 10.8 Å². The van der Waals surface area contributed by atoms with Gasteiger partial charge in [0.05, 0.1) is 12.1 Å². The molecule has 0 amide bonds. The second-order valence-corrected chi connectivity index (χ2v) is 5.02. The summed E-state index contributed by atoms with van der Waals surface area (Å²) in [6.45, 7) is 1.84. The van der Waals surface area contributed by atoms with Crippen LogP contribution in [0, 0.1) is 12.7 Å². The minimum atomic E-state index is -0.824. The Morgan fingerprint density at radius 2 is 2.28 bits per heavy atom. The van der Waals surface area contributed by atoms with Gasteiger partial charge < -0.3 is 5.11 Å². The predicted molar refractivity (Wildman–Crippen MR) is 68.2 cm³/mol. The molecule has 0 aliphatic carbocycles. The van der Waals surface area contributed by atoms with Crippen LogP contribution in [-0.2, 0) is 11.2 Å². The van der Waals surface area contributed by atoms with Gasteiger partial charge in [0.15, 0.2) is 0 Å². The van der Waals surface area contributed by atoms with E-state index in [4.69, 9.17) is 5.11 Å². The van der Waals surface area contributed by atoms with Crippen molar-refractivity contribution in [2.75, 3.05) is 0 Å². The fourth-order valence-corrected chi connectivity index (χ4v) is 2.68. The monoisotopic (exact) mass is 265 g/mol. The molecular weight excluding hydrogens is 253 g/mol. The highest BCUT2D eigenvalue weighted by atomic mass is 32.1. The molecular formula is C13H12FNO2S. The Hall–Kier alpha value is -1.75. The zero-order chi connectivity index (χ0) is 13.1. The highest BCUT2D eigenvalue weighted by Gasteiger charge is 2.11. The van der Waals surface area contributed by atoms with E-state index in [1.165, 1.54) is 23.5 Å². The van der Waals surface area contributed by atoms with Crippen molar-refractivity contribution in [2.45, 2.75) is 19.8 Å². The van der Waals surface area contributed by atoms with Crippen molar-refractivity contribution < 1.29 is 14.3 Å². The third kappa shape index (κ3) is 2.92. The Labute approximate surface area is 108 Å². The van der Waals surface area contributed by atoms with Gasteiger partial charge in [0, 0.05) is 10.4 Å². The minimum Gasteiger partial charge on any atom is -0.481 e. The smallest absolute Gasteiger partial charge is 0.303 e. The van der Waals surface area contributed by atoms with Crippen molar-refractivity contribution in [3.63, 3.8) is 0 Å². The van der Waals surface area contributed by atoms with E-state index < -0.39 is 5.97 Å². The molecule has 0 unspecified atom stereocenters. The van der Waals surface area contributed by atoms with Crippen LogP contribution in [0.15, 0.2) is 24.3 Å². The molecule has 0 aliphatic rings. The maximum atomic E-state index is 13.1. The SMILES string of the molecule is Cc1nc(-c2cccc(F)c2)sc1CCC(=O)O. The Kier molecular flexibility index (Phi) is 3.72. The number of aryl methyl sites for hydroxylation is 2. The first-order chi connectivity index (χ1) is 8.56. The van der Waals surface area contributed by atoms with Crippen molar-refractivity contribution in [1.29, 1.82) is 0 Å². The van der Waals surface area contributed by atoms with E-state index in [2.05, 4.69) is 4.98 Å². The average Bonchev–Trinajstić information content (AvgIpc) is 2.68. The van der Waals surface area contributed by atoms with Crippen molar-refractivity contribution in [3.05, 3.63) is 40.7 Å². The Morgan fingerprint density at radius 3 is 2.94 bits per heavy atom. The van der Waals surface area contributed by atoms with E-state index in [0.29, 0.717) is 6.42 Å². The van der Waals surface area contributed by atoms with Crippen molar-refractivity contribution >= 4 is 17.3 Å². The number of thiazole rings is 1. The number of hydrogen-bond acceptors (Lipinski definition) is 3. The standard InChI is InChI=1S/C13H12FNO2S/c1-8-11(5-6-12(16)17)18-13(15-8)9-3-2-4-10(14)7-9/h2-4,7H,5-6H2,1H3,(H,16,17). The summed E-state index contributed by atoms with van der Waals surface area (Å²) < 4.78 is 13.1. The quantitative estimate of drug-likeness (QED) is 0.923. The van der Waals surface area contributed by atoms with Gasteiger partial charge in [-0.05, 0) is 25.5 Å². The molecule has 0 atom stereocenters. The number of halogens is 1. The Morgan fingerprint density at radius 1 is 1.50 bits per heavy atom. The fraction of sp³-hybridized carbons (Fsp3) is 0.231. The van der Waals surface area contributed by atoms with Gasteiger partial charge in [0.2, 0.25) is 0 Å². The van der Waals surface area contributed by atoms with Crippen LogP contribution in [0.3, 0.4) is 0 Å². The van der Waals surface area contributed by atoms with Crippen LogP contribution in [0.1, 0.15) is 17.0 Å². The molecule has 0 spiro atoms. The summed E-state index contributed by atoms with van der Waals surface area (Å²) >= 11 is 1.42. The Bertz CT molecular complexity index is 580. The molecule has 18 heavy (non-hydrogen) atoms. The van der Waals surface area contributed by atoms with Crippen LogP contribution >= 0.6 is 11.3 Å². The summed E-state index contributed by atoms with van der Waals surface area (Å²) in [5.41, 5.74) is 1.55. The average molecular weight is 265 g/mol. The van der Waals surface area contributed by atoms with Gasteiger partial charge in [-0.25, -0.2) is 9.37 Å². The third-order valence-corrected chi connectivity index (χ3v) is 3.80. The number of hydrogen-bond donors (Lipinski definition) is 1. The van der Waals surface area contributed by atoms with Gasteiger partial charge in [-0.15, -0.1) is 11.3 Å². The van der Waals surface area contributed by atoms with Crippen LogP contribution in [0.5, 0.6) is 0 Å². The van der Waals surface area contributed by atoms with E-state index >= 15 is 0 Å². The molecule has 3 nitrogen and oxygen atoms in total. The van der Waals surface area contributed by atoms with Gasteiger partial charge in [-0.2, -0.15) is 0 Å². The summed E-state index contributed by atoms with van der Waals surface area (Å²) in [5.74, 6) is -1.12. The van der Waals surface area contributed by atoms with Crippen LogP contribution in [0.25, 0.3) is 10.6 Å². The number of nitrogens with zero attached hydrogens (tertiary/aromatic N) is 1. The first kappa shape index (κ1) is 12.7. The van der Waals surface area contributed by atoms with Crippen LogP contribution < -0.4 is 0 Å². The van der Waals surface area contributed by atoms with E-state index in [0.717, 1.165) is 21.1 Å². The second kappa shape index (κ2) is 5.27. The predicted octanol–water partition coefficient (Wildman–Crippen LogP) is 3.27. The number of carbonyl (C=O) groups is 1. The molecule has 2 rings (SSSR count). The molecule has 0 radical (unpaired) electrons. The normalized spacial score (nSPS) is 10.6. The van der Waals surface area contributed by atoms with Crippen molar-refractivity contribution in [2.24, 2.45) is 0 Å². The fourth-order valence-electron chi connectivity index (χ4n) is 1.63. The molecule has 94 valence electrons. The lowest BCUT2D eigenvalue weighted by atomic mass is 10.2. The van der Waals surface area contributed by atoms with Gasteiger partial charge >= 0.3 is 5.97 Å². The number of aliphatic carboxylic acids is 1. The van der Waals surface area contributed by atoms with Crippen LogP contribution in [0.2, 0.25) is 0 Å². The highest BCUT2D eigenvalue weighted by Crippen LogP contribution is 2.29. The maximum absolute atomic E-state index is 13.1. The molecule has 0 saturated carbocycles. The third-order valence-electron chi connectivity index (χ3n) is 2.53. The lowest BCUT2D eigenvalue weighted by molar-refractivity contribution is -0.136. The number of carboxylic acids is 1. The van der Waals surface area contributed by atoms with Gasteiger partial charge in [-0.3, -0.25) is 4.79 Å². The summed E-state index contributed by atoms with van der Waals surface area (Å²) in [7, 11) is 0. The second-order valence-electron chi connectivity index (χ2n) is 3.93. The highest BCUT2D eigenvalue weighted by molar-refractivity contribution is 7.15. The largest absolute Gasteiger partial charge is 0.481 e. The molecule has 0 bridgehead atoms. The molecule has 0 fully saturated rings. The topological polar surface area (TPSA) is 50.2 Å². The van der Waals surface area contributed by atoms with Crippen molar-refractivity contribution in [1.82, 2.24) is 4.98 Å². The number of benzene rings is 1. The summed E-state index contributed by atoms with van der Waals surface area (Å²) in [5, 5.41) is 9.39. The molecule has 5 heteroatoms. The van der Waals surface area contributed by atoms with E-state index in [1.807, 2.05) is 6.92 Å². The molecule has 1 aromatic carbocycles. The van der Waals surface area contributed by atoms with E-state index in [-0.39, 0.29) is 12.2 Å². The molecule has 2 aromatic rings. The Balaban J connectivity index is 2.25. The molecule has 1 heterocycles. The van der Waals surface area contributed by atoms with Crippen LogP contribution in [-0.4, -0.2) is 16.1 Å². The zero-order valence-electron chi connectivity index (χ0n) is 9.81. The number of rotatable bonds is 4. The number of carboxylic acid groups (broad SMARTS) is 1. The number of aromatic nitrogens is 1. The lowest BCUT2D eigenvalue weighted by Gasteiger charge is -1.95. The minimum absolute atomic E-state index is 0.0889. The van der Waals surface area contributed by atoms with E-state index in [1.54, 1.807) is 12.1 Å². The van der Waals surface area contributed by atoms with E-state index in [9.17, 15) is 9.18 Å². The van der Waals surface area contributed by atoms with Gasteiger partial charge in [0.25, 0.3) is 0 Å². The van der Waals surface area contributed by atoms with Crippen LogP contribution in [0.4, 0.5) is 4.39 Å². The first-order valence-electron chi connectivity index (χ1n) is 5.50.